The normalized spacial score (nSPS) is 15.9. The molecule has 1 saturated heterocycles. The lowest BCUT2D eigenvalue weighted by atomic mass is 10.1. The number of carbonyl (C=O) groups is 2. The van der Waals surface area contributed by atoms with E-state index in [0.717, 1.165) is 5.56 Å². The van der Waals surface area contributed by atoms with E-state index in [1.54, 1.807) is 24.1 Å². The van der Waals surface area contributed by atoms with E-state index >= 15 is 0 Å². The molecular weight excluding hydrogens is 273 g/mol. The fraction of sp³-hybridized carbons (Fsp3) is 0.467. The van der Waals surface area contributed by atoms with Crippen LogP contribution in [0.15, 0.2) is 18.2 Å². The van der Waals surface area contributed by atoms with Gasteiger partial charge in [0.05, 0.1) is 12.1 Å². The number of nitrogens with zero attached hydrogens (tertiary/aromatic N) is 2. The summed E-state index contributed by atoms with van der Waals surface area (Å²) < 4.78 is 13.8. The summed E-state index contributed by atoms with van der Waals surface area (Å²) in [6, 6.07) is 4.55. The van der Waals surface area contributed by atoms with E-state index in [0.29, 0.717) is 32.7 Å². The van der Waals surface area contributed by atoms with E-state index < -0.39 is 5.82 Å². The molecule has 0 atom stereocenters. The summed E-state index contributed by atoms with van der Waals surface area (Å²) in [7, 11) is 1.60. The molecule has 0 aromatic heterocycles. The third kappa shape index (κ3) is 3.78. The van der Waals surface area contributed by atoms with Crippen LogP contribution < -0.4 is 5.32 Å². The van der Waals surface area contributed by atoms with E-state index in [2.05, 4.69) is 5.32 Å². The van der Waals surface area contributed by atoms with E-state index in [-0.39, 0.29) is 17.4 Å². The van der Waals surface area contributed by atoms with Crippen LogP contribution in [0.3, 0.4) is 0 Å². The largest absolute Gasteiger partial charge is 0.358 e. The van der Waals surface area contributed by atoms with Crippen molar-refractivity contribution in [3.05, 3.63) is 35.1 Å². The number of carbonyl (C=O) groups excluding carboxylic acids is 2. The number of hydrogen-bond donors (Lipinski definition) is 1. The lowest BCUT2D eigenvalue weighted by molar-refractivity contribution is -0.122. The van der Waals surface area contributed by atoms with Crippen molar-refractivity contribution in [2.75, 3.05) is 39.8 Å². The van der Waals surface area contributed by atoms with Gasteiger partial charge in [-0.25, -0.2) is 4.39 Å². The van der Waals surface area contributed by atoms with Gasteiger partial charge in [-0.2, -0.15) is 0 Å². The average molecular weight is 293 g/mol. The maximum Gasteiger partial charge on any atom is 0.256 e. The van der Waals surface area contributed by atoms with Crippen LogP contribution in [0.1, 0.15) is 15.9 Å². The molecule has 1 aliphatic rings. The average Bonchev–Trinajstić information content (AvgIpc) is 2.49. The van der Waals surface area contributed by atoms with Crippen LogP contribution in [0.25, 0.3) is 0 Å². The lowest BCUT2D eigenvalue weighted by Gasteiger charge is -2.34. The zero-order chi connectivity index (χ0) is 15.4. The van der Waals surface area contributed by atoms with E-state index in [9.17, 15) is 14.0 Å². The summed E-state index contributed by atoms with van der Waals surface area (Å²) >= 11 is 0. The molecule has 1 heterocycles. The van der Waals surface area contributed by atoms with Crippen LogP contribution >= 0.6 is 0 Å². The van der Waals surface area contributed by atoms with Gasteiger partial charge in [0.25, 0.3) is 5.91 Å². The predicted molar refractivity (Wildman–Crippen MR) is 77.5 cm³/mol. The second-order valence-corrected chi connectivity index (χ2v) is 5.22. The Morgan fingerprint density at radius 3 is 2.52 bits per heavy atom. The summed E-state index contributed by atoms with van der Waals surface area (Å²) in [5.74, 6) is -0.811. The van der Waals surface area contributed by atoms with Crippen LogP contribution in [0.4, 0.5) is 4.39 Å². The van der Waals surface area contributed by atoms with Gasteiger partial charge in [0.1, 0.15) is 5.82 Å². The summed E-state index contributed by atoms with van der Waals surface area (Å²) in [4.78, 5) is 27.3. The standard InChI is InChI=1S/C15H20FN3O2/c1-11-3-4-13(16)12(9-11)15(21)19-7-5-18(6-8-19)10-14(20)17-2/h3-4,9H,5-8,10H2,1-2H3,(H,17,20). The minimum absolute atomic E-state index is 0.0421. The van der Waals surface area contributed by atoms with Crippen LogP contribution in [0, 0.1) is 12.7 Å². The number of piperazine rings is 1. The highest BCUT2D eigenvalue weighted by molar-refractivity contribution is 5.94. The zero-order valence-electron chi connectivity index (χ0n) is 12.4. The highest BCUT2D eigenvalue weighted by Crippen LogP contribution is 2.14. The number of hydrogen-bond acceptors (Lipinski definition) is 3. The van der Waals surface area contributed by atoms with Crippen LogP contribution in [-0.2, 0) is 4.79 Å². The third-order valence-corrected chi connectivity index (χ3v) is 3.66. The molecule has 1 aromatic rings. The number of amides is 2. The molecule has 0 spiro atoms. The Labute approximate surface area is 123 Å². The Morgan fingerprint density at radius 2 is 1.90 bits per heavy atom. The Kier molecular flexibility index (Phi) is 4.90. The predicted octanol–water partition coefficient (Wildman–Crippen LogP) is 0.638. The second kappa shape index (κ2) is 6.67. The first-order valence-corrected chi connectivity index (χ1v) is 6.99. The minimum Gasteiger partial charge on any atom is -0.358 e. The quantitative estimate of drug-likeness (QED) is 0.890. The fourth-order valence-corrected chi connectivity index (χ4v) is 2.36. The lowest BCUT2D eigenvalue weighted by Crippen LogP contribution is -2.51. The van der Waals surface area contributed by atoms with Crippen LogP contribution in [-0.4, -0.2) is 61.4 Å². The molecule has 1 aromatic carbocycles. The van der Waals surface area contributed by atoms with Crippen LogP contribution in [0.5, 0.6) is 0 Å². The van der Waals surface area contributed by atoms with Crippen LogP contribution in [0.2, 0.25) is 0 Å². The molecule has 0 aliphatic carbocycles. The first kappa shape index (κ1) is 15.4. The van der Waals surface area contributed by atoms with Crippen molar-refractivity contribution in [3.63, 3.8) is 0 Å². The molecule has 5 nitrogen and oxygen atoms in total. The SMILES string of the molecule is CNC(=O)CN1CCN(C(=O)c2cc(C)ccc2F)CC1. The molecule has 0 saturated carbocycles. The van der Waals surface area contributed by atoms with Crippen molar-refractivity contribution in [2.45, 2.75) is 6.92 Å². The molecule has 21 heavy (non-hydrogen) atoms. The molecule has 2 amide bonds. The number of aryl methyl sites for hydroxylation is 1. The monoisotopic (exact) mass is 293 g/mol. The summed E-state index contributed by atoms with van der Waals surface area (Å²) in [6.07, 6.45) is 0. The van der Waals surface area contributed by atoms with E-state index in [1.807, 2.05) is 11.8 Å². The minimum atomic E-state index is -0.488. The fourth-order valence-electron chi connectivity index (χ4n) is 2.36. The number of benzene rings is 1. The van der Waals surface area contributed by atoms with Gasteiger partial charge < -0.3 is 10.2 Å². The Hall–Kier alpha value is -1.95. The van der Waals surface area contributed by atoms with Crippen molar-refractivity contribution in [1.29, 1.82) is 0 Å². The summed E-state index contributed by atoms with van der Waals surface area (Å²) in [5.41, 5.74) is 0.979. The third-order valence-electron chi connectivity index (χ3n) is 3.66. The van der Waals surface area contributed by atoms with Gasteiger partial charge in [0, 0.05) is 33.2 Å². The summed E-state index contributed by atoms with van der Waals surface area (Å²) in [5, 5.41) is 2.58. The molecular formula is C15H20FN3O2. The molecule has 1 fully saturated rings. The Morgan fingerprint density at radius 1 is 1.24 bits per heavy atom. The number of rotatable bonds is 3. The van der Waals surface area contributed by atoms with Crippen molar-refractivity contribution < 1.29 is 14.0 Å². The zero-order valence-corrected chi connectivity index (χ0v) is 12.4. The van der Waals surface area contributed by atoms with Gasteiger partial charge in [-0.1, -0.05) is 11.6 Å². The van der Waals surface area contributed by atoms with E-state index in [4.69, 9.17) is 0 Å². The second-order valence-electron chi connectivity index (χ2n) is 5.22. The molecule has 6 heteroatoms. The first-order valence-electron chi connectivity index (χ1n) is 6.99. The molecule has 0 unspecified atom stereocenters. The number of nitrogens with one attached hydrogen (secondary N) is 1. The number of likely N-dealkylation sites (N-methyl/N-ethyl adjacent to an activating group) is 1. The van der Waals surface area contributed by atoms with Gasteiger partial charge >= 0.3 is 0 Å². The van der Waals surface area contributed by atoms with Crippen molar-refractivity contribution >= 4 is 11.8 Å². The smallest absolute Gasteiger partial charge is 0.256 e. The van der Waals surface area contributed by atoms with Crippen molar-refractivity contribution in [3.8, 4) is 0 Å². The van der Waals surface area contributed by atoms with Gasteiger partial charge in [-0.3, -0.25) is 14.5 Å². The van der Waals surface area contributed by atoms with Crippen molar-refractivity contribution in [2.24, 2.45) is 0 Å². The maximum absolute atomic E-state index is 13.8. The van der Waals surface area contributed by atoms with Gasteiger partial charge in [0.15, 0.2) is 0 Å². The molecule has 1 N–H and O–H groups in total. The highest BCUT2D eigenvalue weighted by atomic mass is 19.1. The maximum atomic E-state index is 13.8. The molecule has 0 radical (unpaired) electrons. The van der Waals surface area contributed by atoms with E-state index in [1.165, 1.54) is 6.07 Å². The number of halogens is 1. The summed E-state index contributed by atoms with van der Waals surface area (Å²) in [6.45, 7) is 4.40. The van der Waals surface area contributed by atoms with Gasteiger partial charge in [-0.05, 0) is 19.1 Å². The Balaban J connectivity index is 1.97. The molecule has 0 bridgehead atoms. The first-order chi connectivity index (χ1) is 10.0. The topological polar surface area (TPSA) is 52.7 Å². The molecule has 2 rings (SSSR count). The highest BCUT2D eigenvalue weighted by Gasteiger charge is 2.24. The Bertz CT molecular complexity index is 540. The van der Waals surface area contributed by atoms with Gasteiger partial charge in [0.2, 0.25) is 5.91 Å². The van der Waals surface area contributed by atoms with Crippen molar-refractivity contribution in [1.82, 2.24) is 15.1 Å². The molecule has 114 valence electrons. The van der Waals surface area contributed by atoms with Gasteiger partial charge in [-0.15, -0.1) is 0 Å². The molecule has 1 aliphatic heterocycles.